The monoisotopic (exact) mass is 374 g/mol. The van der Waals surface area contributed by atoms with Gasteiger partial charge in [-0.05, 0) is 33.7 Å². The standard InChI is InChI=1S/C27H22Si/c1-28(2,3)20-19-27-24-15-9-7-13-22(24)26(23-14-8-10-16-25(23)27)18-17-21-11-5-4-6-12-21/h4-16H,1-3H3. The van der Waals surface area contributed by atoms with Gasteiger partial charge in [-0.2, -0.15) is 0 Å². The van der Waals surface area contributed by atoms with Crippen molar-refractivity contribution in [3.63, 3.8) is 0 Å². The lowest BCUT2D eigenvalue weighted by Gasteiger charge is -2.11. The first-order chi connectivity index (χ1) is 13.5. The smallest absolute Gasteiger partial charge is 0.127 e. The summed E-state index contributed by atoms with van der Waals surface area (Å²) in [6.07, 6.45) is 0. The van der Waals surface area contributed by atoms with Crippen molar-refractivity contribution in [2.45, 2.75) is 19.6 Å². The van der Waals surface area contributed by atoms with Gasteiger partial charge in [-0.3, -0.25) is 0 Å². The third-order valence-electron chi connectivity index (χ3n) is 4.60. The van der Waals surface area contributed by atoms with Crippen LogP contribution < -0.4 is 0 Å². The molecule has 0 radical (unpaired) electrons. The van der Waals surface area contributed by atoms with Crippen molar-refractivity contribution in [3.05, 3.63) is 95.6 Å². The molecule has 0 amide bonds. The van der Waals surface area contributed by atoms with E-state index in [1.54, 1.807) is 0 Å². The molecule has 0 saturated heterocycles. The molecule has 4 aromatic rings. The van der Waals surface area contributed by atoms with Crippen LogP contribution in [0.3, 0.4) is 0 Å². The molecule has 4 aromatic carbocycles. The van der Waals surface area contributed by atoms with Crippen LogP contribution in [0.2, 0.25) is 19.6 Å². The van der Waals surface area contributed by atoms with Crippen molar-refractivity contribution in [1.29, 1.82) is 0 Å². The summed E-state index contributed by atoms with van der Waals surface area (Å²) in [7, 11) is -1.48. The summed E-state index contributed by atoms with van der Waals surface area (Å²) in [4.78, 5) is 0. The van der Waals surface area contributed by atoms with Crippen LogP contribution in [0, 0.1) is 23.3 Å². The molecule has 0 saturated carbocycles. The largest absolute Gasteiger partial charge is 0.129 e. The second-order valence-corrected chi connectivity index (χ2v) is 12.7. The van der Waals surface area contributed by atoms with Crippen LogP contribution in [-0.2, 0) is 0 Å². The Hall–Kier alpha value is -3.26. The molecule has 0 unspecified atom stereocenters. The molecule has 0 fully saturated rings. The van der Waals surface area contributed by atoms with Gasteiger partial charge in [0.2, 0.25) is 0 Å². The van der Waals surface area contributed by atoms with Crippen LogP contribution in [0.4, 0.5) is 0 Å². The summed E-state index contributed by atoms with van der Waals surface area (Å²) in [6, 6.07) is 27.2. The van der Waals surface area contributed by atoms with Crippen molar-refractivity contribution >= 4 is 29.6 Å². The molecule has 0 spiro atoms. The second-order valence-electron chi connectivity index (χ2n) is 7.96. The minimum Gasteiger partial charge on any atom is -0.127 e. The van der Waals surface area contributed by atoms with E-state index >= 15 is 0 Å². The summed E-state index contributed by atoms with van der Waals surface area (Å²) >= 11 is 0. The van der Waals surface area contributed by atoms with E-state index in [-0.39, 0.29) is 0 Å². The molecule has 0 heterocycles. The number of rotatable bonds is 0. The lowest BCUT2D eigenvalue weighted by molar-refractivity contribution is 1.64. The molecule has 28 heavy (non-hydrogen) atoms. The van der Waals surface area contributed by atoms with Crippen LogP contribution in [0.5, 0.6) is 0 Å². The van der Waals surface area contributed by atoms with Gasteiger partial charge in [-0.15, -0.1) is 5.54 Å². The highest BCUT2D eigenvalue weighted by Gasteiger charge is 2.13. The second kappa shape index (κ2) is 7.39. The Bertz CT molecular complexity index is 1230. The Morgan fingerprint density at radius 2 is 0.929 bits per heavy atom. The van der Waals surface area contributed by atoms with Gasteiger partial charge in [0.05, 0.1) is 0 Å². The van der Waals surface area contributed by atoms with E-state index in [2.05, 4.69) is 91.5 Å². The Labute approximate surface area is 168 Å². The van der Waals surface area contributed by atoms with Gasteiger partial charge in [0.15, 0.2) is 0 Å². The predicted molar refractivity (Wildman–Crippen MR) is 124 cm³/mol. The minimum atomic E-state index is -1.48. The van der Waals surface area contributed by atoms with E-state index in [0.717, 1.165) is 16.7 Å². The number of benzene rings is 4. The third-order valence-corrected chi connectivity index (χ3v) is 5.47. The number of hydrogen-bond acceptors (Lipinski definition) is 0. The van der Waals surface area contributed by atoms with Gasteiger partial charge >= 0.3 is 0 Å². The molecule has 0 nitrogen and oxygen atoms in total. The van der Waals surface area contributed by atoms with Crippen molar-refractivity contribution in [3.8, 4) is 23.3 Å². The molecule has 0 aliphatic rings. The zero-order valence-electron chi connectivity index (χ0n) is 16.5. The quantitative estimate of drug-likeness (QED) is 0.184. The fourth-order valence-electron chi connectivity index (χ4n) is 3.30. The molecule has 1 heteroatoms. The highest BCUT2D eigenvalue weighted by molar-refractivity contribution is 6.83. The lowest BCUT2D eigenvalue weighted by atomic mass is 9.92. The highest BCUT2D eigenvalue weighted by atomic mass is 28.3. The molecule has 0 atom stereocenters. The molecule has 0 N–H and O–H groups in total. The normalized spacial score (nSPS) is 10.8. The number of fused-ring (bicyclic) bond motifs is 2. The van der Waals surface area contributed by atoms with Crippen LogP contribution in [0.15, 0.2) is 78.9 Å². The van der Waals surface area contributed by atoms with Crippen molar-refractivity contribution in [1.82, 2.24) is 0 Å². The third kappa shape index (κ3) is 3.72. The van der Waals surface area contributed by atoms with Gasteiger partial charge in [-0.1, -0.05) is 104 Å². The summed E-state index contributed by atoms with van der Waals surface area (Å²) in [5, 5.41) is 4.71. The first-order valence-corrected chi connectivity index (χ1v) is 13.1. The summed E-state index contributed by atoms with van der Waals surface area (Å²) in [5.41, 5.74) is 6.78. The Morgan fingerprint density at radius 1 is 0.500 bits per heavy atom. The zero-order valence-corrected chi connectivity index (χ0v) is 17.5. The summed E-state index contributed by atoms with van der Waals surface area (Å²) in [6.45, 7) is 6.85. The van der Waals surface area contributed by atoms with E-state index < -0.39 is 8.07 Å². The van der Waals surface area contributed by atoms with E-state index in [1.807, 2.05) is 30.3 Å². The molecule has 4 rings (SSSR count). The maximum absolute atomic E-state index is 3.55. The van der Waals surface area contributed by atoms with Crippen LogP contribution in [0.25, 0.3) is 21.5 Å². The maximum atomic E-state index is 3.55. The SMILES string of the molecule is C[Si](C)(C)C#Cc1c2ccccc2c(C#Cc2ccccc2)c2ccccc12. The van der Waals surface area contributed by atoms with E-state index in [0.29, 0.717) is 0 Å². The van der Waals surface area contributed by atoms with Gasteiger partial charge in [-0.25, -0.2) is 0 Å². The van der Waals surface area contributed by atoms with Crippen molar-refractivity contribution in [2.24, 2.45) is 0 Å². The first kappa shape index (κ1) is 18.1. The topological polar surface area (TPSA) is 0 Å². The van der Waals surface area contributed by atoms with Crippen molar-refractivity contribution in [2.75, 3.05) is 0 Å². The van der Waals surface area contributed by atoms with Gasteiger partial charge < -0.3 is 0 Å². The predicted octanol–water partition coefficient (Wildman–Crippen LogP) is 6.62. The van der Waals surface area contributed by atoms with Gasteiger partial charge in [0.1, 0.15) is 8.07 Å². The molecule has 0 aliphatic carbocycles. The summed E-state index contributed by atoms with van der Waals surface area (Å²) < 4.78 is 0. The van der Waals surface area contributed by atoms with Gasteiger partial charge in [0, 0.05) is 16.7 Å². The molecular formula is C27H22Si. The fraction of sp³-hybridized carbons (Fsp3) is 0.111. The lowest BCUT2D eigenvalue weighted by Crippen LogP contribution is -2.16. The molecule has 0 bridgehead atoms. The first-order valence-electron chi connectivity index (χ1n) is 9.57. The van der Waals surface area contributed by atoms with E-state index in [1.165, 1.54) is 21.5 Å². The molecule has 0 aliphatic heterocycles. The molecule has 0 aromatic heterocycles. The van der Waals surface area contributed by atoms with E-state index in [9.17, 15) is 0 Å². The molecule has 134 valence electrons. The van der Waals surface area contributed by atoms with Crippen molar-refractivity contribution < 1.29 is 0 Å². The molecular weight excluding hydrogens is 352 g/mol. The zero-order chi connectivity index (χ0) is 19.6. The Kier molecular flexibility index (Phi) is 4.78. The van der Waals surface area contributed by atoms with Gasteiger partial charge in [0.25, 0.3) is 0 Å². The minimum absolute atomic E-state index is 1.03. The number of hydrogen-bond donors (Lipinski definition) is 0. The maximum Gasteiger partial charge on any atom is 0.129 e. The average molecular weight is 375 g/mol. The Balaban J connectivity index is 2.06. The van der Waals surface area contributed by atoms with Crippen LogP contribution in [0.1, 0.15) is 16.7 Å². The van der Waals surface area contributed by atoms with Crippen LogP contribution in [-0.4, -0.2) is 8.07 Å². The fourth-order valence-corrected chi connectivity index (χ4v) is 3.80. The average Bonchev–Trinajstić information content (AvgIpc) is 2.70. The van der Waals surface area contributed by atoms with E-state index in [4.69, 9.17) is 0 Å². The Morgan fingerprint density at radius 3 is 1.39 bits per heavy atom. The summed E-state index contributed by atoms with van der Waals surface area (Å²) in [5.74, 6) is 10.3. The highest BCUT2D eigenvalue weighted by Crippen LogP contribution is 2.32. The van der Waals surface area contributed by atoms with Crippen LogP contribution >= 0.6 is 0 Å².